The van der Waals surface area contributed by atoms with E-state index in [2.05, 4.69) is 10.4 Å². The Balaban J connectivity index is 1.48. The van der Waals surface area contributed by atoms with Crippen LogP contribution in [0, 0.1) is 10.1 Å². The summed E-state index contributed by atoms with van der Waals surface area (Å²) in [6, 6.07) is 16.8. The summed E-state index contributed by atoms with van der Waals surface area (Å²) in [7, 11) is 0. The third-order valence-corrected chi connectivity index (χ3v) is 5.39. The number of nitrogens with zero attached hydrogens (tertiary/aromatic N) is 3. The lowest BCUT2D eigenvalue weighted by molar-refractivity contribution is -0.384. The van der Waals surface area contributed by atoms with Gasteiger partial charge in [0.05, 0.1) is 26.7 Å². The van der Waals surface area contributed by atoms with Crippen LogP contribution in [0.5, 0.6) is 17.2 Å². The van der Waals surface area contributed by atoms with Gasteiger partial charge in [0.2, 0.25) is 0 Å². The van der Waals surface area contributed by atoms with Gasteiger partial charge in [0.1, 0.15) is 17.2 Å². The van der Waals surface area contributed by atoms with Gasteiger partial charge in [-0.3, -0.25) is 14.9 Å². The lowest BCUT2D eigenvalue weighted by Crippen LogP contribution is -2.14. The fourth-order valence-corrected chi connectivity index (χ4v) is 3.59. The molecule has 35 heavy (non-hydrogen) atoms. The number of non-ortho nitro benzene ring substituents is 1. The van der Waals surface area contributed by atoms with Crippen molar-refractivity contribution in [1.29, 1.82) is 0 Å². The molecule has 1 amide bonds. The van der Waals surface area contributed by atoms with Gasteiger partial charge in [-0.1, -0.05) is 46.9 Å². The predicted molar refractivity (Wildman–Crippen MR) is 132 cm³/mol. The molecule has 0 spiro atoms. The molecule has 1 heterocycles. The van der Waals surface area contributed by atoms with E-state index in [0.29, 0.717) is 15.8 Å². The largest absolute Gasteiger partial charge is 0.470 e. The highest BCUT2D eigenvalue weighted by atomic mass is 35.5. The normalized spacial score (nSPS) is 10.6. The lowest BCUT2D eigenvalue weighted by Gasteiger charge is -2.10. The molecular formula is C23H15Cl3N4O5. The maximum atomic E-state index is 12.7. The van der Waals surface area contributed by atoms with Gasteiger partial charge in [-0.25, -0.2) is 4.68 Å². The second-order valence-electron chi connectivity index (χ2n) is 7.05. The Bertz CT molecular complexity index is 1410. The maximum absolute atomic E-state index is 12.7. The van der Waals surface area contributed by atoms with Crippen LogP contribution in [-0.2, 0) is 6.73 Å². The standard InChI is InChI=1S/C23H15Cl3N4O5/c24-14-5-6-22(19(26)9-14)35-17-11-15(10-16(12-17)30(32)33)27-23(31)20-7-8-29(28-20)13-34-21-4-2-1-3-18(21)25/h1-12H,13H2,(H,27,31). The summed E-state index contributed by atoms with van der Waals surface area (Å²) < 4.78 is 12.7. The molecule has 0 aliphatic carbocycles. The van der Waals surface area contributed by atoms with E-state index >= 15 is 0 Å². The highest BCUT2D eigenvalue weighted by Crippen LogP contribution is 2.34. The van der Waals surface area contributed by atoms with E-state index in [-0.39, 0.29) is 40.3 Å². The Morgan fingerprint density at radius 1 is 1.00 bits per heavy atom. The second-order valence-corrected chi connectivity index (χ2v) is 8.30. The van der Waals surface area contributed by atoms with Crippen molar-refractivity contribution in [2.24, 2.45) is 0 Å². The number of ether oxygens (including phenoxy) is 2. The van der Waals surface area contributed by atoms with Gasteiger partial charge in [-0.15, -0.1) is 0 Å². The second kappa shape index (κ2) is 10.6. The average molecular weight is 534 g/mol. The summed E-state index contributed by atoms with van der Waals surface area (Å²) in [5.74, 6) is 0.224. The Morgan fingerprint density at radius 2 is 1.80 bits per heavy atom. The molecule has 0 unspecified atom stereocenters. The molecule has 3 aromatic carbocycles. The van der Waals surface area contributed by atoms with Gasteiger partial charge in [-0.2, -0.15) is 5.10 Å². The Kier molecular flexibility index (Phi) is 7.40. The van der Waals surface area contributed by atoms with Crippen molar-refractivity contribution >= 4 is 52.1 Å². The van der Waals surface area contributed by atoms with Crippen molar-refractivity contribution in [1.82, 2.24) is 9.78 Å². The van der Waals surface area contributed by atoms with Gasteiger partial charge in [0, 0.05) is 23.4 Å². The number of hydrogen-bond acceptors (Lipinski definition) is 6. The van der Waals surface area contributed by atoms with Crippen molar-refractivity contribution < 1.29 is 19.2 Å². The van der Waals surface area contributed by atoms with Crippen LogP contribution in [0.2, 0.25) is 15.1 Å². The molecule has 0 aliphatic heterocycles. The maximum Gasteiger partial charge on any atom is 0.276 e. The first-order valence-corrected chi connectivity index (χ1v) is 11.1. The molecule has 9 nitrogen and oxygen atoms in total. The lowest BCUT2D eigenvalue weighted by atomic mass is 10.2. The van der Waals surface area contributed by atoms with E-state index in [4.69, 9.17) is 44.3 Å². The monoisotopic (exact) mass is 532 g/mol. The number of hydrogen-bond donors (Lipinski definition) is 1. The number of anilines is 1. The Morgan fingerprint density at radius 3 is 2.54 bits per heavy atom. The molecule has 0 saturated carbocycles. The first kappa shape index (κ1) is 24.3. The van der Waals surface area contributed by atoms with Crippen molar-refractivity contribution in [3.05, 3.63) is 104 Å². The minimum atomic E-state index is -0.604. The Labute approximate surface area is 213 Å². The van der Waals surface area contributed by atoms with Gasteiger partial charge < -0.3 is 14.8 Å². The molecule has 1 aromatic heterocycles. The molecule has 0 bridgehead atoms. The van der Waals surface area contributed by atoms with Crippen LogP contribution >= 0.6 is 34.8 Å². The summed E-state index contributed by atoms with van der Waals surface area (Å²) in [6.07, 6.45) is 1.55. The third-order valence-electron chi connectivity index (χ3n) is 4.54. The zero-order chi connectivity index (χ0) is 24.9. The topological polar surface area (TPSA) is 109 Å². The summed E-state index contributed by atoms with van der Waals surface area (Å²) >= 11 is 18.1. The van der Waals surface area contributed by atoms with Crippen molar-refractivity contribution in [3.8, 4) is 17.2 Å². The molecule has 4 rings (SSSR count). The predicted octanol–water partition coefficient (Wildman–Crippen LogP) is 6.83. The van der Waals surface area contributed by atoms with Crippen LogP contribution in [0.4, 0.5) is 11.4 Å². The van der Waals surface area contributed by atoms with Crippen molar-refractivity contribution in [2.45, 2.75) is 6.73 Å². The number of halogens is 3. The van der Waals surface area contributed by atoms with Crippen LogP contribution < -0.4 is 14.8 Å². The molecular weight excluding hydrogens is 519 g/mol. The zero-order valence-electron chi connectivity index (χ0n) is 17.7. The fraction of sp³-hybridized carbons (Fsp3) is 0.0435. The molecule has 0 saturated heterocycles. The third kappa shape index (κ3) is 6.21. The minimum Gasteiger partial charge on any atom is -0.470 e. The molecule has 178 valence electrons. The van der Waals surface area contributed by atoms with Crippen LogP contribution in [-0.4, -0.2) is 20.6 Å². The fourth-order valence-electron chi connectivity index (χ4n) is 2.95. The molecule has 0 aliphatic rings. The van der Waals surface area contributed by atoms with E-state index < -0.39 is 10.8 Å². The first-order valence-electron chi connectivity index (χ1n) is 9.93. The Hall–Kier alpha value is -3.79. The molecule has 1 N–H and O–H groups in total. The van der Waals surface area contributed by atoms with Crippen molar-refractivity contribution in [2.75, 3.05) is 5.32 Å². The van der Waals surface area contributed by atoms with E-state index in [1.54, 1.807) is 36.5 Å². The van der Waals surface area contributed by atoms with Gasteiger partial charge >= 0.3 is 0 Å². The summed E-state index contributed by atoms with van der Waals surface area (Å²) in [5.41, 5.74) is -0.0878. The number of aromatic nitrogens is 2. The SMILES string of the molecule is O=C(Nc1cc(Oc2ccc(Cl)cc2Cl)cc([N+](=O)[O-])c1)c1ccn(COc2ccccc2Cl)n1. The minimum absolute atomic E-state index is 0.0215. The summed E-state index contributed by atoms with van der Waals surface area (Å²) in [6.45, 7) is 0.0215. The van der Waals surface area contributed by atoms with Gasteiger partial charge in [0.15, 0.2) is 12.4 Å². The quantitative estimate of drug-likeness (QED) is 0.196. The molecule has 4 aromatic rings. The number of nitro benzene ring substituents is 1. The van der Waals surface area contributed by atoms with Gasteiger partial charge in [0.25, 0.3) is 11.6 Å². The van der Waals surface area contributed by atoms with E-state index in [1.165, 1.54) is 41.1 Å². The van der Waals surface area contributed by atoms with Crippen LogP contribution in [0.15, 0.2) is 72.9 Å². The molecule has 0 fully saturated rings. The molecule has 12 heteroatoms. The number of nitrogens with one attached hydrogen (secondary N) is 1. The van der Waals surface area contributed by atoms with Gasteiger partial charge in [-0.05, 0) is 36.4 Å². The number of amides is 1. The van der Waals surface area contributed by atoms with E-state index in [0.717, 1.165) is 0 Å². The van der Waals surface area contributed by atoms with E-state index in [9.17, 15) is 14.9 Å². The van der Waals surface area contributed by atoms with E-state index in [1.807, 2.05) is 0 Å². The van der Waals surface area contributed by atoms with Crippen LogP contribution in [0.25, 0.3) is 0 Å². The number of para-hydroxylation sites is 1. The zero-order valence-corrected chi connectivity index (χ0v) is 19.9. The summed E-state index contributed by atoms with van der Waals surface area (Å²) in [5, 5.41) is 19.2. The number of benzene rings is 3. The number of nitro groups is 1. The number of carbonyl (C=O) groups excluding carboxylic acids is 1. The molecule has 0 atom stereocenters. The average Bonchev–Trinajstić information content (AvgIpc) is 3.29. The van der Waals surface area contributed by atoms with Crippen LogP contribution in [0.3, 0.4) is 0 Å². The highest BCUT2D eigenvalue weighted by Gasteiger charge is 2.16. The van der Waals surface area contributed by atoms with Crippen LogP contribution in [0.1, 0.15) is 10.5 Å². The highest BCUT2D eigenvalue weighted by molar-refractivity contribution is 6.35. The first-order chi connectivity index (χ1) is 16.8. The summed E-state index contributed by atoms with van der Waals surface area (Å²) in [4.78, 5) is 23.5. The number of rotatable bonds is 8. The van der Waals surface area contributed by atoms with Crippen molar-refractivity contribution in [3.63, 3.8) is 0 Å². The number of carbonyl (C=O) groups is 1. The smallest absolute Gasteiger partial charge is 0.276 e. The molecule has 0 radical (unpaired) electrons.